The predicted molar refractivity (Wildman–Crippen MR) is 59.9 cm³/mol. The molecule has 0 fully saturated rings. The minimum atomic E-state index is -3.25. The summed E-state index contributed by atoms with van der Waals surface area (Å²) in [5.41, 5.74) is 0. The van der Waals surface area contributed by atoms with Crippen LogP contribution < -0.4 is 0 Å². The highest BCUT2D eigenvalue weighted by molar-refractivity contribution is 7.98. The van der Waals surface area contributed by atoms with Gasteiger partial charge in [0.15, 0.2) is 0 Å². The molecule has 0 aromatic heterocycles. The van der Waals surface area contributed by atoms with Crippen LogP contribution in [0.2, 0.25) is 0 Å². The zero-order valence-electron chi connectivity index (χ0n) is 8.16. The molecule has 0 N–H and O–H groups in total. The molecule has 13 heavy (non-hydrogen) atoms. The van der Waals surface area contributed by atoms with Gasteiger partial charge in [-0.1, -0.05) is 6.92 Å². The molecule has 0 amide bonds. The van der Waals surface area contributed by atoms with Crippen LogP contribution in [-0.4, -0.2) is 43.0 Å². The molecule has 0 saturated carbocycles. The Hall–Kier alpha value is 0.550. The van der Waals surface area contributed by atoms with Crippen LogP contribution >= 0.6 is 23.4 Å². The van der Waals surface area contributed by atoms with Gasteiger partial charge in [-0.3, -0.25) is 0 Å². The summed E-state index contributed by atoms with van der Waals surface area (Å²) in [7, 11) is -1.66. The fraction of sp³-hybridized carbons (Fsp3) is 1.00. The molecule has 1 atom stereocenters. The van der Waals surface area contributed by atoms with Crippen LogP contribution in [0.25, 0.3) is 0 Å². The summed E-state index contributed by atoms with van der Waals surface area (Å²) in [5.74, 6) is 0.809. The van der Waals surface area contributed by atoms with Gasteiger partial charge in [0.1, 0.15) is 5.21 Å². The Morgan fingerprint density at radius 3 is 2.38 bits per heavy atom. The van der Waals surface area contributed by atoms with E-state index in [0.717, 1.165) is 12.2 Å². The molecule has 0 spiro atoms. The lowest BCUT2D eigenvalue weighted by Crippen LogP contribution is -2.38. The van der Waals surface area contributed by atoms with Crippen molar-refractivity contribution in [2.24, 2.45) is 0 Å². The third kappa shape index (κ3) is 4.06. The molecule has 0 radical (unpaired) electrons. The molecule has 0 bridgehead atoms. The van der Waals surface area contributed by atoms with E-state index >= 15 is 0 Å². The summed E-state index contributed by atoms with van der Waals surface area (Å²) in [6.45, 7) is 1.97. The minimum absolute atomic E-state index is 0.0544. The zero-order valence-corrected chi connectivity index (χ0v) is 10.5. The number of thioether (sulfide) groups is 1. The summed E-state index contributed by atoms with van der Waals surface area (Å²) in [5, 5.41) is -0.339. The van der Waals surface area contributed by atoms with Gasteiger partial charge in [-0.2, -0.15) is 11.8 Å². The first-order chi connectivity index (χ1) is 5.99. The monoisotopic (exact) mass is 245 g/mol. The number of rotatable bonds is 6. The largest absolute Gasteiger partial charge is 0.228 e. The zero-order chi connectivity index (χ0) is 10.5. The Bertz CT molecular complexity index is 231. The molecule has 0 saturated heterocycles. The number of hydrogen-bond acceptors (Lipinski definition) is 3. The van der Waals surface area contributed by atoms with Crippen molar-refractivity contribution in [3.63, 3.8) is 0 Å². The lowest BCUT2D eigenvalue weighted by molar-refractivity contribution is 0.388. The van der Waals surface area contributed by atoms with Gasteiger partial charge in [0.05, 0.1) is 0 Å². The number of hydrogen-bond donors (Lipinski definition) is 0. The Labute approximate surface area is 89.9 Å². The minimum Gasteiger partial charge on any atom is -0.211 e. The molecule has 0 aliphatic heterocycles. The van der Waals surface area contributed by atoms with Crippen LogP contribution in [-0.2, 0) is 10.0 Å². The van der Waals surface area contributed by atoms with E-state index in [4.69, 9.17) is 11.6 Å². The SMILES string of the molecule is CCC(CSC)N(C)S(=O)(=O)CCl. The van der Waals surface area contributed by atoms with Gasteiger partial charge in [0.2, 0.25) is 10.0 Å². The molecule has 3 nitrogen and oxygen atoms in total. The summed E-state index contributed by atoms with van der Waals surface area (Å²) in [4.78, 5) is 0. The molecular weight excluding hydrogens is 230 g/mol. The Balaban J connectivity index is 4.45. The molecule has 0 aliphatic carbocycles. The second-order valence-corrected chi connectivity index (χ2v) is 6.28. The maximum absolute atomic E-state index is 11.4. The van der Waals surface area contributed by atoms with Crippen LogP contribution in [0.1, 0.15) is 13.3 Å². The topological polar surface area (TPSA) is 37.4 Å². The van der Waals surface area contributed by atoms with Crippen molar-refractivity contribution in [2.75, 3.05) is 24.3 Å². The molecule has 0 aromatic rings. The van der Waals surface area contributed by atoms with Gasteiger partial charge in [-0.05, 0) is 12.7 Å². The number of nitrogens with zero attached hydrogens (tertiary/aromatic N) is 1. The molecule has 80 valence electrons. The first-order valence-electron chi connectivity index (χ1n) is 4.00. The van der Waals surface area contributed by atoms with E-state index in [1.54, 1.807) is 18.8 Å². The normalized spacial score (nSPS) is 14.8. The second-order valence-electron chi connectivity index (χ2n) is 2.75. The molecule has 6 heteroatoms. The van der Waals surface area contributed by atoms with E-state index in [-0.39, 0.29) is 11.3 Å². The summed E-state index contributed by atoms with van der Waals surface area (Å²) in [6, 6.07) is 0.0544. The van der Waals surface area contributed by atoms with Gasteiger partial charge in [-0.15, -0.1) is 11.6 Å². The lowest BCUT2D eigenvalue weighted by Gasteiger charge is -2.24. The predicted octanol–water partition coefficient (Wildman–Crippen LogP) is 1.59. The second kappa shape index (κ2) is 6.11. The fourth-order valence-corrected chi connectivity index (χ4v) is 3.21. The first-order valence-corrected chi connectivity index (χ1v) is 7.54. The van der Waals surface area contributed by atoms with E-state index in [1.807, 2.05) is 13.2 Å². The van der Waals surface area contributed by atoms with Gasteiger partial charge in [-0.25, -0.2) is 12.7 Å². The first kappa shape index (κ1) is 13.5. The quantitative estimate of drug-likeness (QED) is 0.667. The third-order valence-electron chi connectivity index (χ3n) is 1.92. The van der Waals surface area contributed by atoms with Crippen molar-refractivity contribution in [1.29, 1.82) is 0 Å². The molecule has 1 unspecified atom stereocenters. The van der Waals surface area contributed by atoms with E-state index in [1.165, 1.54) is 4.31 Å². The van der Waals surface area contributed by atoms with Gasteiger partial charge >= 0.3 is 0 Å². The van der Waals surface area contributed by atoms with Crippen molar-refractivity contribution in [3.05, 3.63) is 0 Å². The van der Waals surface area contributed by atoms with Crippen molar-refractivity contribution in [2.45, 2.75) is 19.4 Å². The fourth-order valence-electron chi connectivity index (χ4n) is 0.976. The van der Waals surface area contributed by atoms with E-state index in [0.29, 0.717) is 0 Å². The maximum atomic E-state index is 11.4. The Kier molecular flexibility index (Phi) is 6.37. The average Bonchev–Trinajstić information content (AvgIpc) is 2.13. The maximum Gasteiger partial charge on any atom is 0.228 e. The average molecular weight is 246 g/mol. The van der Waals surface area contributed by atoms with Crippen LogP contribution in [0.15, 0.2) is 0 Å². The number of sulfonamides is 1. The van der Waals surface area contributed by atoms with Gasteiger partial charge in [0, 0.05) is 18.8 Å². The van der Waals surface area contributed by atoms with Crippen molar-refractivity contribution >= 4 is 33.4 Å². The molecule has 0 aliphatic rings. The smallest absolute Gasteiger partial charge is 0.211 e. The van der Waals surface area contributed by atoms with Gasteiger partial charge < -0.3 is 0 Å². The highest BCUT2D eigenvalue weighted by Crippen LogP contribution is 2.13. The van der Waals surface area contributed by atoms with Crippen LogP contribution in [0.5, 0.6) is 0 Å². The summed E-state index contributed by atoms with van der Waals surface area (Å²) < 4.78 is 24.1. The summed E-state index contributed by atoms with van der Waals surface area (Å²) in [6.07, 6.45) is 2.78. The van der Waals surface area contributed by atoms with Crippen LogP contribution in [0.3, 0.4) is 0 Å². The molecular formula is C7H16ClNO2S2. The standard InChI is InChI=1S/C7H16ClNO2S2/c1-4-7(5-12-3)9(2)13(10,11)6-8/h7H,4-6H2,1-3H3. The molecule has 0 rings (SSSR count). The molecule has 0 heterocycles. The lowest BCUT2D eigenvalue weighted by atomic mass is 10.3. The van der Waals surface area contributed by atoms with E-state index in [2.05, 4.69) is 0 Å². The van der Waals surface area contributed by atoms with Crippen LogP contribution in [0, 0.1) is 0 Å². The Morgan fingerprint density at radius 2 is 2.08 bits per heavy atom. The van der Waals surface area contributed by atoms with Crippen molar-refractivity contribution in [3.8, 4) is 0 Å². The highest BCUT2D eigenvalue weighted by atomic mass is 35.5. The Morgan fingerprint density at radius 1 is 1.54 bits per heavy atom. The highest BCUT2D eigenvalue weighted by Gasteiger charge is 2.23. The van der Waals surface area contributed by atoms with Gasteiger partial charge in [0.25, 0.3) is 0 Å². The number of alkyl halides is 1. The third-order valence-corrected chi connectivity index (χ3v) is 4.92. The number of halogens is 1. The van der Waals surface area contributed by atoms with E-state index in [9.17, 15) is 8.42 Å². The van der Waals surface area contributed by atoms with Crippen LogP contribution in [0.4, 0.5) is 0 Å². The summed E-state index contributed by atoms with van der Waals surface area (Å²) >= 11 is 6.99. The van der Waals surface area contributed by atoms with Crippen molar-refractivity contribution < 1.29 is 8.42 Å². The van der Waals surface area contributed by atoms with Crippen molar-refractivity contribution in [1.82, 2.24) is 4.31 Å². The molecule has 0 aromatic carbocycles. The van der Waals surface area contributed by atoms with E-state index < -0.39 is 10.0 Å².